The van der Waals surface area contributed by atoms with Crippen LogP contribution in [0, 0.1) is 5.82 Å². The molecule has 0 radical (unpaired) electrons. The third-order valence-electron chi connectivity index (χ3n) is 4.39. The first-order valence-electron chi connectivity index (χ1n) is 9.03. The van der Waals surface area contributed by atoms with Crippen molar-refractivity contribution in [3.05, 3.63) is 48.0 Å². The van der Waals surface area contributed by atoms with Crippen LogP contribution < -0.4 is 10.1 Å². The van der Waals surface area contributed by atoms with Crippen molar-refractivity contribution in [1.29, 1.82) is 0 Å². The minimum absolute atomic E-state index is 0. The maximum atomic E-state index is 13.7. The topological polar surface area (TPSA) is 63.9 Å². The standard InChI is InChI=1S/C19H26FN5O2.HI/c1-14(27-17-7-5-4-6-16(17)20)10-22-19(21-2)25-8-9-26-18(13-25)15-11-23-24(3)12-15;/h4-7,11-12,14,18H,8-10,13H2,1-3H3,(H,21,22);1H. The molecule has 1 fully saturated rings. The van der Waals surface area contributed by atoms with E-state index in [2.05, 4.69) is 20.3 Å². The highest BCUT2D eigenvalue weighted by molar-refractivity contribution is 14.0. The molecule has 2 atom stereocenters. The van der Waals surface area contributed by atoms with Gasteiger partial charge >= 0.3 is 0 Å². The number of nitrogens with one attached hydrogen (secondary N) is 1. The number of morpholine rings is 1. The van der Waals surface area contributed by atoms with Gasteiger partial charge in [0, 0.05) is 32.4 Å². The number of aromatic nitrogens is 2. The maximum absolute atomic E-state index is 13.7. The van der Waals surface area contributed by atoms with Gasteiger partial charge in [-0.2, -0.15) is 5.10 Å². The van der Waals surface area contributed by atoms with Crippen LogP contribution in [0.25, 0.3) is 0 Å². The number of benzene rings is 1. The Labute approximate surface area is 181 Å². The summed E-state index contributed by atoms with van der Waals surface area (Å²) in [4.78, 5) is 6.52. The van der Waals surface area contributed by atoms with E-state index in [1.54, 1.807) is 29.9 Å². The second kappa shape index (κ2) is 10.6. The van der Waals surface area contributed by atoms with Crippen LogP contribution in [-0.2, 0) is 11.8 Å². The Morgan fingerprint density at radius 1 is 1.46 bits per heavy atom. The normalized spacial score (nSPS) is 18.4. The maximum Gasteiger partial charge on any atom is 0.193 e. The third kappa shape index (κ3) is 5.81. The van der Waals surface area contributed by atoms with Crippen LogP contribution in [0.5, 0.6) is 5.75 Å². The number of halogens is 2. The Hall–Kier alpha value is -1.88. The zero-order valence-corrected chi connectivity index (χ0v) is 18.7. The lowest BCUT2D eigenvalue weighted by atomic mass is 10.1. The van der Waals surface area contributed by atoms with Gasteiger partial charge in [0.2, 0.25) is 0 Å². The van der Waals surface area contributed by atoms with Gasteiger partial charge in [0.1, 0.15) is 12.2 Å². The Bertz CT molecular complexity index is 785. The van der Waals surface area contributed by atoms with E-state index in [1.807, 2.05) is 26.4 Å². The monoisotopic (exact) mass is 503 g/mol. The second-order valence-corrected chi connectivity index (χ2v) is 6.54. The van der Waals surface area contributed by atoms with Crippen molar-refractivity contribution in [3.8, 4) is 5.75 Å². The Balaban J connectivity index is 0.00000280. The summed E-state index contributed by atoms with van der Waals surface area (Å²) in [6, 6.07) is 6.41. The average Bonchev–Trinajstić information content (AvgIpc) is 3.11. The van der Waals surface area contributed by atoms with E-state index < -0.39 is 0 Å². The molecule has 1 aromatic carbocycles. The van der Waals surface area contributed by atoms with E-state index in [1.165, 1.54) is 6.07 Å². The van der Waals surface area contributed by atoms with Crippen LogP contribution in [0.3, 0.4) is 0 Å². The number of aryl methyl sites for hydroxylation is 1. The van der Waals surface area contributed by atoms with Crippen LogP contribution in [0.2, 0.25) is 0 Å². The zero-order valence-electron chi connectivity index (χ0n) is 16.3. The number of rotatable bonds is 5. The summed E-state index contributed by atoms with van der Waals surface area (Å²) in [5.74, 6) is 0.669. The van der Waals surface area contributed by atoms with Gasteiger partial charge in [0.25, 0.3) is 0 Å². The van der Waals surface area contributed by atoms with E-state index in [-0.39, 0.29) is 47.8 Å². The third-order valence-corrected chi connectivity index (χ3v) is 4.39. The van der Waals surface area contributed by atoms with Crippen molar-refractivity contribution in [2.75, 3.05) is 33.3 Å². The lowest BCUT2D eigenvalue weighted by Crippen LogP contribution is -2.49. The zero-order chi connectivity index (χ0) is 19.2. The number of nitrogens with zero attached hydrogens (tertiary/aromatic N) is 4. The summed E-state index contributed by atoms with van der Waals surface area (Å²) in [7, 11) is 3.64. The van der Waals surface area contributed by atoms with E-state index in [0.29, 0.717) is 19.7 Å². The molecule has 0 bridgehead atoms. The number of guanidine groups is 1. The van der Waals surface area contributed by atoms with Crippen molar-refractivity contribution in [2.24, 2.45) is 12.0 Å². The summed E-state index contributed by atoms with van der Waals surface area (Å²) < 4.78 is 27.0. The highest BCUT2D eigenvalue weighted by atomic mass is 127. The summed E-state index contributed by atoms with van der Waals surface area (Å²) in [5.41, 5.74) is 1.05. The molecule has 2 unspecified atom stereocenters. The lowest BCUT2D eigenvalue weighted by molar-refractivity contribution is -0.00815. The predicted octanol–water partition coefficient (Wildman–Crippen LogP) is 2.59. The number of hydrogen-bond acceptors (Lipinski definition) is 4. The highest BCUT2D eigenvalue weighted by Gasteiger charge is 2.25. The van der Waals surface area contributed by atoms with Gasteiger partial charge in [-0.15, -0.1) is 24.0 Å². The molecule has 7 nitrogen and oxygen atoms in total. The second-order valence-electron chi connectivity index (χ2n) is 6.54. The summed E-state index contributed by atoms with van der Waals surface area (Å²) in [6.07, 6.45) is 3.54. The molecule has 154 valence electrons. The Morgan fingerprint density at radius 2 is 2.25 bits per heavy atom. The van der Waals surface area contributed by atoms with Crippen molar-refractivity contribution in [2.45, 2.75) is 19.1 Å². The molecule has 1 aromatic heterocycles. The Kier molecular flexibility index (Phi) is 8.49. The molecule has 0 spiro atoms. The minimum atomic E-state index is -0.360. The van der Waals surface area contributed by atoms with E-state index >= 15 is 0 Å². The molecule has 1 aliphatic heterocycles. The molecule has 1 saturated heterocycles. The summed E-state index contributed by atoms with van der Waals surface area (Å²) in [6.45, 7) is 4.45. The molecular weight excluding hydrogens is 476 g/mol. The van der Waals surface area contributed by atoms with Crippen molar-refractivity contribution in [1.82, 2.24) is 20.0 Å². The fraction of sp³-hybridized carbons (Fsp3) is 0.474. The summed E-state index contributed by atoms with van der Waals surface area (Å²) >= 11 is 0. The molecule has 3 rings (SSSR count). The van der Waals surface area contributed by atoms with Crippen LogP contribution in [-0.4, -0.2) is 60.0 Å². The number of ether oxygens (including phenoxy) is 2. The first-order chi connectivity index (χ1) is 13.1. The molecule has 0 amide bonds. The van der Waals surface area contributed by atoms with Crippen molar-refractivity contribution >= 4 is 29.9 Å². The lowest BCUT2D eigenvalue weighted by Gasteiger charge is -2.35. The Morgan fingerprint density at radius 3 is 2.93 bits per heavy atom. The smallest absolute Gasteiger partial charge is 0.193 e. The van der Waals surface area contributed by atoms with Crippen molar-refractivity contribution < 1.29 is 13.9 Å². The molecule has 9 heteroatoms. The number of para-hydroxylation sites is 1. The van der Waals surface area contributed by atoms with Crippen LogP contribution in [0.4, 0.5) is 4.39 Å². The molecule has 2 heterocycles. The SMILES string of the molecule is CN=C(NCC(C)Oc1ccccc1F)N1CCOC(c2cnn(C)c2)C1.I. The van der Waals surface area contributed by atoms with Gasteiger partial charge in [-0.05, 0) is 19.1 Å². The number of hydrogen-bond donors (Lipinski definition) is 1. The quantitative estimate of drug-likeness (QED) is 0.386. The highest BCUT2D eigenvalue weighted by Crippen LogP contribution is 2.21. The summed E-state index contributed by atoms with van der Waals surface area (Å²) in [5, 5.41) is 7.52. The number of aliphatic imine (C=N–C) groups is 1. The molecular formula is C19H27FIN5O2. The van der Waals surface area contributed by atoms with Gasteiger partial charge < -0.3 is 19.7 Å². The molecule has 0 aliphatic carbocycles. The first-order valence-corrected chi connectivity index (χ1v) is 9.03. The van der Waals surface area contributed by atoms with Gasteiger partial charge in [-0.3, -0.25) is 9.67 Å². The van der Waals surface area contributed by atoms with Gasteiger partial charge in [0.05, 0.1) is 25.9 Å². The van der Waals surface area contributed by atoms with Gasteiger partial charge in [-0.25, -0.2) is 4.39 Å². The average molecular weight is 503 g/mol. The van der Waals surface area contributed by atoms with E-state index in [0.717, 1.165) is 18.1 Å². The largest absolute Gasteiger partial charge is 0.486 e. The van der Waals surface area contributed by atoms with Crippen LogP contribution in [0.1, 0.15) is 18.6 Å². The molecule has 0 saturated carbocycles. The molecule has 1 aliphatic rings. The van der Waals surface area contributed by atoms with Gasteiger partial charge in [-0.1, -0.05) is 12.1 Å². The van der Waals surface area contributed by atoms with Gasteiger partial charge in [0.15, 0.2) is 17.5 Å². The first kappa shape index (κ1) is 22.4. The minimum Gasteiger partial charge on any atom is -0.486 e. The fourth-order valence-corrected chi connectivity index (χ4v) is 3.02. The van der Waals surface area contributed by atoms with E-state index in [9.17, 15) is 4.39 Å². The molecule has 1 N–H and O–H groups in total. The van der Waals surface area contributed by atoms with Crippen molar-refractivity contribution in [3.63, 3.8) is 0 Å². The van der Waals surface area contributed by atoms with E-state index in [4.69, 9.17) is 9.47 Å². The van der Waals surface area contributed by atoms with Crippen LogP contribution >= 0.6 is 24.0 Å². The predicted molar refractivity (Wildman–Crippen MR) is 117 cm³/mol. The van der Waals surface area contributed by atoms with Crippen LogP contribution in [0.15, 0.2) is 41.7 Å². The molecule has 2 aromatic rings. The fourth-order valence-electron chi connectivity index (χ4n) is 3.02. The molecule has 28 heavy (non-hydrogen) atoms.